The zero-order valence-corrected chi connectivity index (χ0v) is 13.5. The van der Waals surface area contributed by atoms with E-state index in [1.807, 2.05) is 0 Å². The fraction of sp³-hybridized carbons (Fsp3) is 0.579. The average molecular weight is 308 g/mol. The highest BCUT2D eigenvalue weighted by Gasteiger charge is 2.53. The van der Waals surface area contributed by atoms with Crippen LogP contribution in [0.1, 0.15) is 49.9 Å². The summed E-state index contributed by atoms with van der Waals surface area (Å²) in [5.41, 5.74) is 8.19. The smallest absolute Gasteiger partial charge is 0.181 e. The molecule has 3 N–H and O–H groups in total. The van der Waals surface area contributed by atoms with E-state index in [1.54, 1.807) is 0 Å². The van der Waals surface area contributed by atoms with Gasteiger partial charge in [-0.25, -0.2) is 4.98 Å². The molecule has 4 saturated carbocycles. The van der Waals surface area contributed by atoms with Crippen LogP contribution in [0.2, 0.25) is 0 Å². The number of aromatic nitrogens is 3. The van der Waals surface area contributed by atoms with Crippen LogP contribution in [-0.4, -0.2) is 15.2 Å². The molecule has 0 saturated heterocycles. The first-order chi connectivity index (χ1) is 11.2. The maximum absolute atomic E-state index is 5.67. The molecule has 0 aliphatic heterocycles. The van der Waals surface area contributed by atoms with Gasteiger partial charge in [0.2, 0.25) is 0 Å². The number of benzene rings is 1. The van der Waals surface area contributed by atoms with Gasteiger partial charge in [-0.2, -0.15) is 5.10 Å². The normalized spacial score (nSPS) is 34.9. The summed E-state index contributed by atoms with van der Waals surface area (Å²) >= 11 is 0. The van der Waals surface area contributed by atoms with Crippen LogP contribution in [0.4, 0.5) is 0 Å². The van der Waals surface area contributed by atoms with Crippen molar-refractivity contribution < 1.29 is 0 Å². The van der Waals surface area contributed by atoms with E-state index in [2.05, 4.69) is 34.5 Å². The predicted molar refractivity (Wildman–Crippen MR) is 89.6 cm³/mol. The highest BCUT2D eigenvalue weighted by molar-refractivity contribution is 5.55. The van der Waals surface area contributed by atoms with E-state index in [0.717, 1.165) is 40.5 Å². The Balaban J connectivity index is 1.47. The zero-order valence-electron chi connectivity index (χ0n) is 13.5. The molecule has 1 heterocycles. The van der Waals surface area contributed by atoms with Gasteiger partial charge < -0.3 is 5.73 Å². The Morgan fingerprint density at radius 2 is 1.61 bits per heavy atom. The van der Waals surface area contributed by atoms with Crippen molar-refractivity contribution in [2.24, 2.45) is 23.5 Å². The van der Waals surface area contributed by atoms with Crippen molar-refractivity contribution >= 4 is 0 Å². The second kappa shape index (κ2) is 4.91. The maximum Gasteiger partial charge on any atom is 0.181 e. The zero-order chi connectivity index (χ0) is 15.4. The third-order valence-electron chi connectivity index (χ3n) is 6.47. The summed E-state index contributed by atoms with van der Waals surface area (Å²) in [7, 11) is 0. The lowest BCUT2D eigenvalue weighted by atomic mass is 9.49. The van der Waals surface area contributed by atoms with Gasteiger partial charge in [0.25, 0.3) is 0 Å². The largest absolute Gasteiger partial charge is 0.326 e. The van der Waals surface area contributed by atoms with E-state index in [0.29, 0.717) is 6.54 Å². The monoisotopic (exact) mass is 308 g/mol. The van der Waals surface area contributed by atoms with Crippen LogP contribution in [-0.2, 0) is 12.0 Å². The summed E-state index contributed by atoms with van der Waals surface area (Å²) in [6.07, 6.45) is 8.33. The maximum atomic E-state index is 5.67. The van der Waals surface area contributed by atoms with E-state index in [9.17, 15) is 0 Å². The van der Waals surface area contributed by atoms with Gasteiger partial charge in [0.1, 0.15) is 5.82 Å². The molecule has 120 valence electrons. The molecule has 0 atom stereocenters. The Bertz CT molecular complexity index is 680. The van der Waals surface area contributed by atoms with Crippen LogP contribution in [0, 0.1) is 17.8 Å². The van der Waals surface area contributed by atoms with E-state index in [1.165, 1.54) is 38.5 Å². The van der Waals surface area contributed by atoms with Crippen molar-refractivity contribution in [2.45, 2.75) is 50.5 Å². The van der Waals surface area contributed by atoms with Crippen LogP contribution < -0.4 is 5.73 Å². The lowest BCUT2D eigenvalue weighted by Gasteiger charge is -2.55. The van der Waals surface area contributed by atoms with Gasteiger partial charge >= 0.3 is 0 Å². The molecule has 2 aromatic rings. The lowest BCUT2D eigenvalue weighted by molar-refractivity contribution is -0.00920. The molecule has 0 radical (unpaired) electrons. The van der Waals surface area contributed by atoms with Crippen LogP contribution >= 0.6 is 0 Å². The number of rotatable bonds is 3. The molecule has 4 nitrogen and oxygen atoms in total. The van der Waals surface area contributed by atoms with E-state index >= 15 is 0 Å². The second-order valence-electron chi connectivity index (χ2n) is 8.11. The number of nitrogens with two attached hydrogens (primary N) is 1. The molecule has 4 heteroatoms. The van der Waals surface area contributed by atoms with Crippen LogP contribution in [0.5, 0.6) is 0 Å². The van der Waals surface area contributed by atoms with E-state index in [4.69, 9.17) is 10.7 Å². The lowest BCUT2D eigenvalue weighted by Crippen LogP contribution is -2.49. The highest BCUT2D eigenvalue weighted by Crippen LogP contribution is 2.60. The number of nitrogens with zero attached hydrogens (tertiary/aromatic N) is 2. The third kappa shape index (κ3) is 2.15. The molecular formula is C19H24N4. The Labute approximate surface area is 136 Å². The first kappa shape index (κ1) is 13.7. The minimum Gasteiger partial charge on any atom is -0.326 e. The molecule has 1 aromatic heterocycles. The number of hydrogen-bond donors (Lipinski definition) is 2. The van der Waals surface area contributed by atoms with Gasteiger partial charge in [0.15, 0.2) is 5.82 Å². The van der Waals surface area contributed by atoms with Crippen molar-refractivity contribution in [3.05, 3.63) is 35.7 Å². The average Bonchev–Trinajstić information content (AvgIpc) is 3.04. The quantitative estimate of drug-likeness (QED) is 0.913. The minimum absolute atomic E-state index is 0.289. The van der Waals surface area contributed by atoms with Crippen LogP contribution in [0.15, 0.2) is 24.3 Å². The summed E-state index contributed by atoms with van der Waals surface area (Å²) < 4.78 is 0. The molecular weight excluding hydrogens is 284 g/mol. The number of nitrogens with one attached hydrogen (secondary N) is 1. The van der Waals surface area contributed by atoms with Gasteiger partial charge in [0.05, 0.1) is 0 Å². The Morgan fingerprint density at radius 3 is 2.17 bits per heavy atom. The summed E-state index contributed by atoms with van der Waals surface area (Å²) in [6, 6.07) is 8.29. The molecule has 4 aliphatic rings. The Morgan fingerprint density at radius 1 is 1.00 bits per heavy atom. The molecule has 4 bridgehead atoms. The Kier molecular flexibility index (Phi) is 2.93. The molecule has 0 unspecified atom stereocenters. The van der Waals surface area contributed by atoms with Crippen molar-refractivity contribution in [3.63, 3.8) is 0 Å². The summed E-state index contributed by atoms with van der Waals surface area (Å²) in [6.45, 7) is 0.576. The second-order valence-corrected chi connectivity index (χ2v) is 8.11. The number of hydrogen-bond acceptors (Lipinski definition) is 3. The molecule has 23 heavy (non-hydrogen) atoms. The van der Waals surface area contributed by atoms with Crippen LogP contribution in [0.25, 0.3) is 11.4 Å². The van der Waals surface area contributed by atoms with Gasteiger partial charge in [-0.05, 0) is 61.8 Å². The van der Waals surface area contributed by atoms with Gasteiger partial charge in [-0.15, -0.1) is 0 Å². The molecule has 6 rings (SSSR count). The van der Waals surface area contributed by atoms with Gasteiger partial charge in [-0.3, -0.25) is 5.10 Å². The molecule has 0 amide bonds. The van der Waals surface area contributed by atoms with Crippen molar-refractivity contribution in [1.29, 1.82) is 0 Å². The fourth-order valence-corrected chi connectivity index (χ4v) is 5.82. The standard InChI is InChI=1S/C19H24N4/c20-11-12-1-3-16(4-2-12)17-21-18(23-22-17)19-8-13-5-14(9-19)7-15(6-13)10-19/h1-4,13-15H,5-11,20H2,(H,21,22,23). The first-order valence-corrected chi connectivity index (χ1v) is 8.96. The summed E-state index contributed by atoms with van der Waals surface area (Å²) in [5.74, 6) is 4.77. The van der Waals surface area contributed by atoms with Crippen molar-refractivity contribution in [1.82, 2.24) is 15.2 Å². The van der Waals surface area contributed by atoms with Crippen LogP contribution in [0.3, 0.4) is 0 Å². The topological polar surface area (TPSA) is 67.6 Å². The van der Waals surface area contributed by atoms with E-state index in [-0.39, 0.29) is 5.41 Å². The number of H-pyrrole nitrogens is 1. The van der Waals surface area contributed by atoms with E-state index < -0.39 is 0 Å². The molecule has 4 fully saturated rings. The predicted octanol–water partition coefficient (Wildman–Crippen LogP) is 3.40. The summed E-state index contributed by atoms with van der Waals surface area (Å²) in [5, 5.41) is 7.84. The number of aromatic amines is 1. The Hall–Kier alpha value is -1.68. The molecule has 0 spiro atoms. The molecule has 1 aromatic carbocycles. The van der Waals surface area contributed by atoms with Crippen molar-refractivity contribution in [3.8, 4) is 11.4 Å². The summed E-state index contributed by atoms with van der Waals surface area (Å²) in [4.78, 5) is 4.93. The SMILES string of the molecule is NCc1ccc(-c2n[nH]c(C34CC5CC(CC(C5)C3)C4)n2)cc1. The fourth-order valence-electron chi connectivity index (χ4n) is 5.82. The third-order valence-corrected chi connectivity index (χ3v) is 6.47. The van der Waals surface area contributed by atoms with Crippen molar-refractivity contribution in [2.75, 3.05) is 0 Å². The molecule has 4 aliphatic carbocycles. The highest BCUT2D eigenvalue weighted by atomic mass is 15.2. The minimum atomic E-state index is 0.289. The van der Waals surface area contributed by atoms with Gasteiger partial charge in [0, 0.05) is 17.5 Å². The first-order valence-electron chi connectivity index (χ1n) is 8.96. The van der Waals surface area contributed by atoms with Gasteiger partial charge in [-0.1, -0.05) is 24.3 Å².